The van der Waals surface area contributed by atoms with Crippen LogP contribution in [0, 0.1) is 5.92 Å². The van der Waals surface area contributed by atoms with E-state index in [-0.39, 0.29) is 17.4 Å². The molecule has 1 saturated carbocycles. The minimum atomic E-state index is -0.941. The average Bonchev–Trinajstić information content (AvgIpc) is 3.17. The van der Waals surface area contributed by atoms with Crippen molar-refractivity contribution < 1.29 is 9.90 Å². The summed E-state index contributed by atoms with van der Waals surface area (Å²) in [5.74, 6) is -0.741. The second-order valence-electron chi connectivity index (χ2n) is 5.90. The van der Waals surface area contributed by atoms with Gasteiger partial charge in [-0.3, -0.25) is 9.36 Å². The maximum Gasteiger partial charge on any atom is 0.327 e. The Kier molecular flexibility index (Phi) is 2.66. The van der Waals surface area contributed by atoms with Gasteiger partial charge in [0.15, 0.2) is 0 Å². The molecule has 1 unspecified atom stereocenters. The van der Waals surface area contributed by atoms with Crippen LogP contribution in [-0.2, 0) is 4.79 Å². The number of carboxylic acid groups (broad SMARTS) is 1. The minimum absolute atomic E-state index is 0.0390. The highest BCUT2D eigenvalue weighted by Crippen LogP contribution is 2.59. The van der Waals surface area contributed by atoms with Crippen molar-refractivity contribution in [2.75, 3.05) is 5.73 Å². The Morgan fingerprint density at radius 1 is 1.32 bits per heavy atom. The van der Waals surface area contributed by atoms with Crippen molar-refractivity contribution >= 4 is 23.3 Å². The van der Waals surface area contributed by atoms with E-state index in [9.17, 15) is 14.7 Å². The van der Waals surface area contributed by atoms with Crippen molar-refractivity contribution in [1.29, 1.82) is 0 Å². The molecule has 1 aromatic heterocycles. The van der Waals surface area contributed by atoms with E-state index in [0.717, 1.165) is 12.1 Å². The fourth-order valence-electron chi connectivity index (χ4n) is 3.51. The lowest BCUT2D eigenvalue weighted by Gasteiger charge is -2.15. The molecule has 22 heavy (non-hydrogen) atoms. The maximum absolute atomic E-state index is 12.4. The van der Waals surface area contributed by atoms with Gasteiger partial charge in [-0.15, -0.1) is 0 Å². The number of fused-ring (bicyclic) bond motifs is 3. The van der Waals surface area contributed by atoms with Crippen LogP contribution < -0.4 is 11.3 Å². The molecule has 1 aliphatic carbocycles. The van der Waals surface area contributed by atoms with E-state index in [0.29, 0.717) is 21.8 Å². The smallest absolute Gasteiger partial charge is 0.327 e. The van der Waals surface area contributed by atoms with E-state index >= 15 is 0 Å². The van der Waals surface area contributed by atoms with Gasteiger partial charge in [-0.05, 0) is 42.2 Å². The SMILES string of the molecule is Nc1ccc(Cl)cc1-c1cc2n(c(=O)c1)[C@H](C(=O)O)C1C[C@@H]21. The van der Waals surface area contributed by atoms with Crippen LogP contribution in [0.4, 0.5) is 5.69 Å². The monoisotopic (exact) mass is 316 g/mol. The molecule has 5 nitrogen and oxygen atoms in total. The molecule has 3 atom stereocenters. The third-order valence-electron chi connectivity index (χ3n) is 4.58. The van der Waals surface area contributed by atoms with Crippen molar-refractivity contribution in [3.63, 3.8) is 0 Å². The van der Waals surface area contributed by atoms with Crippen molar-refractivity contribution in [1.82, 2.24) is 4.57 Å². The molecule has 0 spiro atoms. The highest BCUT2D eigenvalue weighted by molar-refractivity contribution is 6.31. The van der Waals surface area contributed by atoms with Crippen molar-refractivity contribution in [2.45, 2.75) is 18.4 Å². The molecule has 1 fully saturated rings. The number of nitrogens with zero attached hydrogens (tertiary/aromatic N) is 1. The number of aromatic nitrogens is 1. The van der Waals surface area contributed by atoms with Gasteiger partial charge < -0.3 is 10.8 Å². The topological polar surface area (TPSA) is 85.3 Å². The summed E-state index contributed by atoms with van der Waals surface area (Å²) in [4.78, 5) is 23.8. The summed E-state index contributed by atoms with van der Waals surface area (Å²) >= 11 is 6.01. The lowest BCUT2D eigenvalue weighted by atomic mass is 10.0. The molecule has 0 saturated heterocycles. The summed E-state index contributed by atoms with van der Waals surface area (Å²) in [7, 11) is 0. The molecular formula is C16H13ClN2O3. The van der Waals surface area contributed by atoms with Crippen LogP contribution in [0.15, 0.2) is 35.1 Å². The Balaban J connectivity index is 1.91. The van der Waals surface area contributed by atoms with Gasteiger partial charge in [0.05, 0.1) is 0 Å². The fourth-order valence-corrected chi connectivity index (χ4v) is 3.68. The Morgan fingerprint density at radius 2 is 2.09 bits per heavy atom. The van der Waals surface area contributed by atoms with Crippen molar-refractivity contribution in [3.8, 4) is 11.1 Å². The maximum atomic E-state index is 12.4. The van der Waals surface area contributed by atoms with Gasteiger partial charge >= 0.3 is 5.97 Å². The predicted octanol–water partition coefficient (Wildman–Crippen LogP) is 2.49. The van der Waals surface area contributed by atoms with Gasteiger partial charge in [0.2, 0.25) is 0 Å². The molecule has 3 N–H and O–H groups in total. The molecule has 0 radical (unpaired) electrons. The summed E-state index contributed by atoms with van der Waals surface area (Å²) in [6.45, 7) is 0. The zero-order valence-electron chi connectivity index (χ0n) is 11.5. The molecular weight excluding hydrogens is 304 g/mol. The number of aliphatic carboxylic acids is 1. The highest BCUT2D eigenvalue weighted by atomic mass is 35.5. The first kappa shape index (κ1) is 13.4. The number of nitrogens with two attached hydrogens (primary N) is 1. The molecule has 2 aromatic rings. The summed E-state index contributed by atoms with van der Waals surface area (Å²) in [6.07, 6.45) is 0.824. The molecule has 0 bridgehead atoms. The normalized spacial score (nSPS) is 24.7. The molecule has 112 valence electrons. The third-order valence-corrected chi connectivity index (χ3v) is 4.82. The Labute approximate surface area is 130 Å². The van der Waals surface area contributed by atoms with Gasteiger partial charge in [0.1, 0.15) is 6.04 Å². The fraction of sp³-hybridized carbons (Fsp3) is 0.250. The predicted molar refractivity (Wildman–Crippen MR) is 83.1 cm³/mol. The standard InChI is InChI=1S/C16H13ClN2O3/c17-8-1-2-12(18)9(5-8)7-3-13-10-6-11(10)15(16(21)22)19(13)14(20)4-7/h1-5,10-11,15H,6,18H2,(H,21,22)/t10-,11?,15+/m1/s1. The van der Waals surface area contributed by atoms with Crippen LogP contribution in [0.25, 0.3) is 11.1 Å². The Bertz CT molecular complexity index is 874. The number of nitrogen functional groups attached to an aromatic ring is 1. The molecule has 2 heterocycles. The first-order chi connectivity index (χ1) is 10.5. The molecule has 6 heteroatoms. The summed E-state index contributed by atoms with van der Waals surface area (Å²) < 4.78 is 1.41. The number of carboxylic acids is 1. The number of benzene rings is 1. The second-order valence-corrected chi connectivity index (χ2v) is 6.33. The average molecular weight is 317 g/mol. The number of hydrogen-bond acceptors (Lipinski definition) is 3. The summed E-state index contributed by atoms with van der Waals surface area (Å²) in [5, 5.41) is 9.89. The third kappa shape index (κ3) is 1.78. The van der Waals surface area contributed by atoms with Crippen LogP contribution in [0.5, 0.6) is 0 Å². The van der Waals surface area contributed by atoms with E-state index in [2.05, 4.69) is 0 Å². The largest absolute Gasteiger partial charge is 0.480 e. The van der Waals surface area contributed by atoms with E-state index in [4.69, 9.17) is 17.3 Å². The number of rotatable bonds is 2. The van der Waals surface area contributed by atoms with E-state index in [1.807, 2.05) is 6.07 Å². The van der Waals surface area contributed by atoms with Crippen molar-refractivity contribution in [3.05, 3.63) is 51.4 Å². The van der Waals surface area contributed by atoms with Crippen LogP contribution in [0.3, 0.4) is 0 Å². The summed E-state index contributed by atoms with van der Waals surface area (Å²) in [6, 6.07) is 7.68. The molecule has 1 aromatic carbocycles. The van der Waals surface area contributed by atoms with Gasteiger partial charge in [-0.1, -0.05) is 11.6 Å². The number of pyridine rings is 1. The van der Waals surface area contributed by atoms with Crippen LogP contribution in [-0.4, -0.2) is 15.6 Å². The molecule has 0 amide bonds. The highest BCUT2D eigenvalue weighted by Gasteiger charge is 2.55. The number of carbonyl (C=O) groups is 1. The summed E-state index contributed by atoms with van der Waals surface area (Å²) in [5.41, 5.74) is 8.39. The quantitative estimate of drug-likeness (QED) is 0.834. The Hall–Kier alpha value is -2.27. The number of anilines is 1. The van der Waals surface area contributed by atoms with Crippen LogP contribution in [0.1, 0.15) is 24.1 Å². The molecule has 1 aliphatic heterocycles. The van der Waals surface area contributed by atoms with Gasteiger partial charge in [0, 0.05) is 34.0 Å². The number of halogens is 1. The second kappa shape index (κ2) is 4.36. The molecule has 4 rings (SSSR count). The molecule has 2 aliphatic rings. The first-order valence-electron chi connectivity index (χ1n) is 7.02. The van der Waals surface area contributed by atoms with Gasteiger partial charge in [-0.25, -0.2) is 4.79 Å². The lowest BCUT2D eigenvalue weighted by molar-refractivity contribution is -0.141. The van der Waals surface area contributed by atoms with E-state index < -0.39 is 12.0 Å². The van der Waals surface area contributed by atoms with E-state index in [1.54, 1.807) is 18.2 Å². The first-order valence-corrected chi connectivity index (χ1v) is 7.40. The lowest BCUT2D eigenvalue weighted by Crippen LogP contribution is -2.29. The van der Waals surface area contributed by atoms with Crippen molar-refractivity contribution in [2.24, 2.45) is 5.92 Å². The van der Waals surface area contributed by atoms with Crippen LogP contribution >= 0.6 is 11.6 Å². The van der Waals surface area contributed by atoms with Gasteiger partial charge in [0.25, 0.3) is 5.56 Å². The van der Waals surface area contributed by atoms with Gasteiger partial charge in [-0.2, -0.15) is 0 Å². The zero-order valence-corrected chi connectivity index (χ0v) is 12.2. The number of hydrogen-bond donors (Lipinski definition) is 2. The van der Waals surface area contributed by atoms with Crippen LogP contribution in [0.2, 0.25) is 5.02 Å². The van der Waals surface area contributed by atoms with E-state index in [1.165, 1.54) is 10.6 Å². The Morgan fingerprint density at radius 3 is 2.82 bits per heavy atom. The zero-order chi connectivity index (χ0) is 15.6. The minimum Gasteiger partial charge on any atom is -0.480 e.